The van der Waals surface area contributed by atoms with Gasteiger partial charge in [0, 0.05) is 25.8 Å². The van der Waals surface area contributed by atoms with Crippen LogP contribution < -0.4 is 10.1 Å². The topological polar surface area (TPSA) is 33.7 Å². The number of nitrogens with zero attached hydrogens (tertiary/aromatic N) is 1. The van der Waals surface area contributed by atoms with Gasteiger partial charge in [0.25, 0.3) is 0 Å². The predicted octanol–water partition coefficient (Wildman–Crippen LogP) is 2.21. The molecule has 2 heterocycles. The third-order valence-electron chi connectivity index (χ3n) is 4.75. The Hall–Kier alpha value is -1.10. The van der Waals surface area contributed by atoms with Gasteiger partial charge in [-0.15, -0.1) is 0 Å². The van der Waals surface area contributed by atoms with E-state index in [4.69, 9.17) is 9.47 Å². The van der Waals surface area contributed by atoms with Gasteiger partial charge in [0.05, 0.1) is 18.2 Å². The summed E-state index contributed by atoms with van der Waals surface area (Å²) in [5, 5.41) is 3.66. The van der Waals surface area contributed by atoms with Crippen LogP contribution in [-0.2, 0) is 4.74 Å². The molecule has 0 saturated carbocycles. The van der Waals surface area contributed by atoms with Gasteiger partial charge in [0.15, 0.2) is 0 Å². The number of fused-ring (bicyclic) bond motifs is 1. The maximum atomic E-state index is 6.01. The highest BCUT2D eigenvalue weighted by Gasteiger charge is 2.35. The summed E-state index contributed by atoms with van der Waals surface area (Å²) in [5.74, 6) is 1.03. The van der Waals surface area contributed by atoms with Crippen molar-refractivity contribution >= 4 is 0 Å². The number of piperidine rings is 1. The first-order valence-electron chi connectivity index (χ1n) is 8.05. The average molecular weight is 290 g/mol. The van der Waals surface area contributed by atoms with E-state index in [9.17, 15) is 0 Å². The number of benzene rings is 1. The Bertz CT molecular complexity index is 458. The summed E-state index contributed by atoms with van der Waals surface area (Å²) in [6, 6.07) is 9.19. The Morgan fingerprint density at radius 1 is 1.29 bits per heavy atom. The first-order valence-corrected chi connectivity index (χ1v) is 8.05. The van der Waals surface area contributed by atoms with E-state index in [0.29, 0.717) is 18.2 Å². The Morgan fingerprint density at radius 2 is 2.05 bits per heavy atom. The van der Waals surface area contributed by atoms with Crippen LogP contribution in [0.1, 0.15) is 31.4 Å². The van der Waals surface area contributed by atoms with E-state index in [1.54, 1.807) is 0 Å². The molecular formula is C17H26N2O2. The predicted molar refractivity (Wildman–Crippen MR) is 83.7 cm³/mol. The molecule has 1 N–H and O–H groups in total. The second-order valence-corrected chi connectivity index (χ2v) is 5.92. The smallest absolute Gasteiger partial charge is 0.124 e. The molecule has 2 atom stereocenters. The maximum Gasteiger partial charge on any atom is 0.124 e. The van der Waals surface area contributed by atoms with Crippen molar-refractivity contribution in [1.82, 2.24) is 10.2 Å². The van der Waals surface area contributed by atoms with Crippen molar-refractivity contribution in [2.75, 3.05) is 33.4 Å². The van der Waals surface area contributed by atoms with Crippen LogP contribution in [0.25, 0.3) is 0 Å². The molecule has 0 spiro atoms. The molecule has 0 aromatic heterocycles. The second kappa shape index (κ2) is 6.77. The lowest BCUT2D eigenvalue weighted by molar-refractivity contribution is 0.00526. The van der Waals surface area contributed by atoms with Crippen molar-refractivity contribution in [3.8, 4) is 5.75 Å². The number of likely N-dealkylation sites (N-methyl/N-ethyl adjacent to an activating group) is 1. The number of likely N-dealkylation sites (tertiary alicyclic amines) is 1. The van der Waals surface area contributed by atoms with Crippen LogP contribution in [0.5, 0.6) is 5.75 Å². The van der Waals surface area contributed by atoms with Crippen LogP contribution in [-0.4, -0.2) is 50.4 Å². The Morgan fingerprint density at radius 3 is 2.76 bits per heavy atom. The van der Waals surface area contributed by atoms with E-state index in [2.05, 4.69) is 35.3 Å². The molecule has 21 heavy (non-hydrogen) atoms. The quantitative estimate of drug-likeness (QED) is 0.922. The first-order chi connectivity index (χ1) is 10.3. The lowest BCUT2D eigenvalue weighted by Crippen LogP contribution is -2.53. The summed E-state index contributed by atoms with van der Waals surface area (Å²) in [6.07, 6.45) is 2.66. The number of hydrogen-bond donors (Lipinski definition) is 1. The van der Waals surface area contributed by atoms with Crippen LogP contribution in [0.15, 0.2) is 24.3 Å². The fourth-order valence-electron chi connectivity index (χ4n) is 3.57. The molecule has 1 fully saturated rings. The highest BCUT2D eigenvalue weighted by molar-refractivity contribution is 5.38. The first kappa shape index (κ1) is 14.8. The van der Waals surface area contributed by atoms with Gasteiger partial charge in [0.2, 0.25) is 0 Å². The van der Waals surface area contributed by atoms with Crippen LogP contribution in [0.3, 0.4) is 0 Å². The maximum absolute atomic E-state index is 6.01. The van der Waals surface area contributed by atoms with Gasteiger partial charge in [-0.3, -0.25) is 4.90 Å². The normalized spacial score (nSPS) is 27.1. The van der Waals surface area contributed by atoms with E-state index in [-0.39, 0.29) is 0 Å². The molecule has 3 rings (SSSR count). The van der Waals surface area contributed by atoms with Crippen molar-refractivity contribution in [3.05, 3.63) is 29.8 Å². The van der Waals surface area contributed by atoms with Crippen LogP contribution in [0, 0.1) is 0 Å². The van der Waals surface area contributed by atoms with Gasteiger partial charge in [-0.25, -0.2) is 0 Å². The van der Waals surface area contributed by atoms with E-state index < -0.39 is 0 Å². The monoisotopic (exact) mass is 290 g/mol. The lowest BCUT2D eigenvalue weighted by Gasteiger charge is -2.43. The molecule has 0 bridgehead atoms. The largest absolute Gasteiger partial charge is 0.492 e. The minimum Gasteiger partial charge on any atom is -0.492 e. The van der Waals surface area contributed by atoms with Gasteiger partial charge < -0.3 is 14.8 Å². The van der Waals surface area contributed by atoms with E-state index in [1.807, 2.05) is 13.2 Å². The van der Waals surface area contributed by atoms with E-state index in [1.165, 1.54) is 5.56 Å². The zero-order chi connectivity index (χ0) is 14.7. The number of methoxy groups -OCH3 is 1. The molecule has 4 heteroatoms. The van der Waals surface area contributed by atoms with Gasteiger partial charge in [0.1, 0.15) is 12.4 Å². The zero-order valence-electron chi connectivity index (χ0n) is 13.0. The van der Waals surface area contributed by atoms with E-state index in [0.717, 1.165) is 44.8 Å². The van der Waals surface area contributed by atoms with Gasteiger partial charge in [-0.05, 0) is 25.5 Å². The Balaban J connectivity index is 1.76. The molecular weight excluding hydrogens is 264 g/mol. The lowest BCUT2D eigenvalue weighted by atomic mass is 9.93. The fraction of sp³-hybridized carbons (Fsp3) is 0.647. The third-order valence-corrected chi connectivity index (χ3v) is 4.75. The molecule has 0 radical (unpaired) electrons. The molecule has 2 unspecified atom stereocenters. The van der Waals surface area contributed by atoms with Crippen molar-refractivity contribution in [1.29, 1.82) is 0 Å². The number of rotatable bonds is 4. The van der Waals surface area contributed by atoms with Crippen LogP contribution in [0.2, 0.25) is 0 Å². The van der Waals surface area contributed by atoms with Gasteiger partial charge >= 0.3 is 0 Å². The van der Waals surface area contributed by atoms with E-state index >= 15 is 0 Å². The highest BCUT2D eigenvalue weighted by Crippen LogP contribution is 2.35. The minimum atomic E-state index is 0.360. The summed E-state index contributed by atoms with van der Waals surface area (Å²) < 4.78 is 11.5. The summed E-state index contributed by atoms with van der Waals surface area (Å²) in [6.45, 7) is 6.11. The van der Waals surface area contributed by atoms with Crippen molar-refractivity contribution < 1.29 is 9.47 Å². The molecule has 2 aliphatic heterocycles. The van der Waals surface area contributed by atoms with Crippen LogP contribution >= 0.6 is 0 Å². The molecule has 0 aliphatic carbocycles. The van der Waals surface area contributed by atoms with Crippen molar-refractivity contribution in [2.24, 2.45) is 0 Å². The standard InChI is InChI=1S/C17H26N2O2/c1-3-18-17-14-6-4-5-7-16(14)21-12-15(17)19-10-8-13(20-2)9-11-19/h4-7,13,15,17-18H,3,8-12H2,1-2H3. The highest BCUT2D eigenvalue weighted by atomic mass is 16.5. The summed E-state index contributed by atoms with van der Waals surface area (Å²) in [5.41, 5.74) is 1.30. The molecule has 0 amide bonds. The molecule has 116 valence electrons. The van der Waals surface area contributed by atoms with Crippen molar-refractivity contribution in [2.45, 2.75) is 38.0 Å². The molecule has 1 aromatic carbocycles. The molecule has 2 aliphatic rings. The van der Waals surface area contributed by atoms with Crippen LogP contribution in [0.4, 0.5) is 0 Å². The average Bonchev–Trinajstić information content (AvgIpc) is 2.55. The third kappa shape index (κ3) is 3.07. The van der Waals surface area contributed by atoms with Gasteiger partial charge in [-0.1, -0.05) is 25.1 Å². The SMILES string of the molecule is CCNC1c2ccccc2OCC1N1CCC(OC)CC1. The minimum absolute atomic E-state index is 0.360. The zero-order valence-corrected chi connectivity index (χ0v) is 13.0. The number of para-hydroxylation sites is 1. The molecule has 4 nitrogen and oxygen atoms in total. The Labute approximate surface area is 127 Å². The number of hydrogen-bond acceptors (Lipinski definition) is 4. The molecule has 1 saturated heterocycles. The fourth-order valence-corrected chi connectivity index (χ4v) is 3.57. The van der Waals surface area contributed by atoms with Crippen molar-refractivity contribution in [3.63, 3.8) is 0 Å². The molecule has 1 aromatic rings. The summed E-state index contributed by atoms with van der Waals surface area (Å²) >= 11 is 0. The van der Waals surface area contributed by atoms with Gasteiger partial charge in [-0.2, -0.15) is 0 Å². The second-order valence-electron chi connectivity index (χ2n) is 5.92. The Kier molecular flexibility index (Phi) is 4.78. The summed E-state index contributed by atoms with van der Waals surface area (Å²) in [7, 11) is 1.82. The number of ether oxygens (including phenoxy) is 2. The number of nitrogens with one attached hydrogen (secondary N) is 1. The summed E-state index contributed by atoms with van der Waals surface area (Å²) in [4.78, 5) is 2.57.